The molecule has 0 aromatic carbocycles. The number of nitrogens with two attached hydrogens (primary N) is 1. The molecule has 14 heavy (non-hydrogen) atoms. The standard InChI is InChI=1S/C11H12N2O/c1-9(14)11-6-10(7-13-8-11)4-2-3-5-12/h6-8H,3,5,12H2,1H3. The Labute approximate surface area is 83.3 Å². The Bertz CT molecular complexity index is 388. The van der Waals surface area contributed by atoms with Crippen molar-refractivity contribution in [1.29, 1.82) is 0 Å². The first-order chi connectivity index (χ1) is 6.74. The van der Waals surface area contributed by atoms with E-state index in [4.69, 9.17) is 5.73 Å². The van der Waals surface area contributed by atoms with E-state index < -0.39 is 0 Å². The van der Waals surface area contributed by atoms with Crippen molar-refractivity contribution in [3.05, 3.63) is 29.6 Å². The van der Waals surface area contributed by atoms with Crippen molar-refractivity contribution in [2.45, 2.75) is 13.3 Å². The first-order valence-electron chi connectivity index (χ1n) is 4.39. The first-order valence-corrected chi connectivity index (χ1v) is 4.39. The fraction of sp³-hybridized carbons (Fsp3) is 0.273. The van der Waals surface area contributed by atoms with E-state index >= 15 is 0 Å². The summed E-state index contributed by atoms with van der Waals surface area (Å²) in [6.45, 7) is 2.06. The maximum Gasteiger partial charge on any atom is 0.161 e. The van der Waals surface area contributed by atoms with Crippen molar-refractivity contribution < 1.29 is 4.79 Å². The number of nitrogens with zero attached hydrogens (tertiary/aromatic N) is 1. The molecule has 72 valence electrons. The predicted molar refractivity (Wildman–Crippen MR) is 54.8 cm³/mol. The lowest BCUT2D eigenvalue weighted by Gasteiger charge is -1.94. The molecular formula is C11H12N2O. The number of Topliss-reactive ketones (excluding diaryl/α,β-unsaturated/α-hetero) is 1. The predicted octanol–water partition coefficient (Wildman–Crippen LogP) is 0.985. The Morgan fingerprint density at radius 1 is 1.57 bits per heavy atom. The van der Waals surface area contributed by atoms with Gasteiger partial charge in [-0.3, -0.25) is 9.78 Å². The van der Waals surface area contributed by atoms with Crippen molar-refractivity contribution in [3.63, 3.8) is 0 Å². The van der Waals surface area contributed by atoms with E-state index in [1.54, 1.807) is 12.3 Å². The highest BCUT2D eigenvalue weighted by atomic mass is 16.1. The van der Waals surface area contributed by atoms with Crippen LogP contribution in [0.15, 0.2) is 18.5 Å². The zero-order valence-corrected chi connectivity index (χ0v) is 8.08. The molecular weight excluding hydrogens is 176 g/mol. The fourth-order valence-corrected chi connectivity index (χ4v) is 0.938. The number of carbonyl (C=O) groups excluding carboxylic acids is 1. The van der Waals surface area contributed by atoms with Gasteiger partial charge < -0.3 is 5.73 Å². The zero-order chi connectivity index (χ0) is 10.4. The van der Waals surface area contributed by atoms with Crippen molar-refractivity contribution in [1.82, 2.24) is 4.98 Å². The smallest absolute Gasteiger partial charge is 0.161 e. The number of rotatable bonds is 2. The third kappa shape index (κ3) is 3.00. The van der Waals surface area contributed by atoms with Gasteiger partial charge in [0, 0.05) is 36.5 Å². The van der Waals surface area contributed by atoms with Crippen LogP contribution in [0.4, 0.5) is 0 Å². The molecule has 0 bridgehead atoms. The maximum atomic E-state index is 11.0. The highest BCUT2D eigenvalue weighted by molar-refractivity contribution is 5.93. The van der Waals surface area contributed by atoms with Crippen LogP contribution in [0, 0.1) is 11.8 Å². The van der Waals surface area contributed by atoms with Gasteiger partial charge in [-0.05, 0) is 13.0 Å². The minimum atomic E-state index is -0.0000233. The van der Waals surface area contributed by atoms with E-state index in [0.29, 0.717) is 18.5 Å². The molecule has 2 N–H and O–H groups in total. The maximum absolute atomic E-state index is 11.0. The lowest BCUT2D eigenvalue weighted by molar-refractivity contribution is 0.101. The Balaban J connectivity index is 2.85. The highest BCUT2D eigenvalue weighted by Gasteiger charge is 1.98. The lowest BCUT2D eigenvalue weighted by atomic mass is 10.1. The van der Waals surface area contributed by atoms with Gasteiger partial charge in [0.15, 0.2) is 5.78 Å². The van der Waals surface area contributed by atoms with E-state index in [0.717, 1.165) is 5.56 Å². The highest BCUT2D eigenvalue weighted by Crippen LogP contribution is 2.01. The quantitative estimate of drug-likeness (QED) is 0.556. The van der Waals surface area contributed by atoms with E-state index in [9.17, 15) is 4.79 Å². The van der Waals surface area contributed by atoms with E-state index in [-0.39, 0.29) is 5.78 Å². The van der Waals surface area contributed by atoms with Crippen molar-refractivity contribution in [3.8, 4) is 11.8 Å². The van der Waals surface area contributed by atoms with Crippen LogP contribution in [-0.2, 0) is 0 Å². The average molecular weight is 188 g/mol. The van der Waals surface area contributed by atoms with Crippen molar-refractivity contribution in [2.75, 3.05) is 6.54 Å². The second kappa shape index (κ2) is 5.15. The SMILES string of the molecule is CC(=O)c1cncc(C#CCCN)c1. The van der Waals surface area contributed by atoms with Gasteiger partial charge in [-0.2, -0.15) is 0 Å². The summed E-state index contributed by atoms with van der Waals surface area (Å²) in [5.41, 5.74) is 6.64. The molecule has 1 rings (SSSR count). The van der Waals surface area contributed by atoms with Crippen LogP contribution in [0.25, 0.3) is 0 Å². The minimum absolute atomic E-state index is 0.0000233. The topological polar surface area (TPSA) is 56.0 Å². The molecule has 0 unspecified atom stereocenters. The van der Waals surface area contributed by atoms with Gasteiger partial charge in [-0.15, -0.1) is 0 Å². The second-order valence-electron chi connectivity index (χ2n) is 2.86. The van der Waals surface area contributed by atoms with Gasteiger partial charge in [0.05, 0.1) is 0 Å². The summed E-state index contributed by atoms with van der Waals surface area (Å²) in [4.78, 5) is 14.9. The molecule has 0 fully saturated rings. The summed E-state index contributed by atoms with van der Waals surface area (Å²) in [6, 6.07) is 1.73. The summed E-state index contributed by atoms with van der Waals surface area (Å²) < 4.78 is 0. The molecule has 1 heterocycles. The molecule has 0 aliphatic heterocycles. The molecule has 0 spiro atoms. The van der Waals surface area contributed by atoms with Gasteiger partial charge >= 0.3 is 0 Å². The molecule has 1 aromatic rings. The molecule has 0 saturated heterocycles. The van der Waals surface area contributed by atoms with Crippen LogP contribution in [0.2, 0.25) is 0 Å². The van der Waals surface area contributed by atoms with Crippen LogP contribution >= 0.6 is 0 Å². The van der Waals surface area contributed by atoms with E-state index in [2.05, 4.69) is 16.8 Å². The van der Waals surface area contributed by atoms with Gasteiger partial charge in [-0.25, -0.2) is 0 Å². The van der Waals surface area contributed by atoms with Crippen LogP contribution < -0.4 is 5.73 Å². The fourth-order valence-electron chi connectivity index (χ4n) is 0.938. The summed E-state index contributed by atoms with van der Waals surface area (Å²) in [7, 11) is 0. The summed E-state index contributed by atoms with van der Waals surface area (Å²) in [5, 5.41) is 0. The number of hydrogen-bond acceptors (Lipinski definition) is 3. The number of pyridine rings is 1. The molecule has 3 nitrogen and oxygen atoms in total. The van der Waals surface area contributed by atoms with Crippen LogP contribution in [0.3, 0.4) is 0 Å². The molecule has 0 aliphatic rings. The third-order valence-corrected chi connectivity index (χ3v) is 1.65. The molecule has 0 atom stereocenters. The minimum Gasteiger partial charge on any atom is -0.330 e. The molecule has 0 saturated carbocycles. The van der Waals surface area contributed by atoms with Crippen LogP contribution in [-0.4, -0.2) is 17.3 Å². The normalized spacial score (nSPS) is 9.00. The molecule has 3 heteroatoms. The Kier molecular flexibility index (Phi) is 3.84. The van der Waals surface area contributed by atoms with Gasteiger partial charge in [-0.1, -0.05) is 11.8 Å². The van der Waals surface area contributed by atoms with Crippen LogP contribution in [0.1, 0.15) is 29.3 Å². The third-order valence-electron chi connectivity index (χ3n) is 1.65. The number of ketones is 1. The largest absolute Gasteiger partial charge is 0.330 e. The Hall–Kier alpha value is -1.66. The Morgan fingerprint density at radius 3 is 3.00 bits per heavy atom. The van der Waals surface area contributed by atoms with Crippen molar-refractivity contribution >= 4 is 5.78 Å². The summed E-state index contributed by atoms with van der Waals surface area (Å²) in [6.07, 6.45) is 3.83. The number of hydrogen-bond donors (Lipinski definition) is 1. The van der Waals surface area contributed by atoms with Crippen LogP contribution in [0.5, 0.6) is 0 Å². The number of carbonyl (C=O) groups is 1. The van der Waals surface area contributed by atoms with Crippen molar-refractivity contribution in [2.24, 2.45) is 5.73 Å². The lowest BCUT2D eigenvalue weighted by Crippen LogP contribution is -1.96. The van der Waals surface area contributed by atoms with E-state index in [1.165, 1.54) is 13.1 Å². The molecule has 0 radical (unpaired) electrons. The average Bonchev–Trinajstić information content (AvgIpc) is 2.19. The van der Waals surface area contributed by atoms with Gasteiger partial charge in [0.1, 0.15) is 0 Å². The molecule has 0 aliphatic carbocycles. The second-order valence-corrected chi connectivity index (χ2v) is 2.86. The molecule has 1 aromatic heterocycles. The molecule has 0 amide bonds. The van der Waals surface area contributed by atoms with Gasteiger partial charge in [0.2, 0.25) is 0 Å². The first kappa shape index (κ1) is 10.4. The summed E-state index contributed by atoms with van der Waals surface area (Å²) in [5.74, 6) is 5.79. The Morgan fingerprint density at radius 2 is 2.36 bits per heavy atom. The van der Waals surface area contributed by atoms with Gasteiger partial charge in [0.25, 0.3) is 0 Å². The number of aromatic nitrogens is 1. The monoisotopic (exact) mass is 188 g/mol. The zero-order valence-electron chi connectivity index (χ0n) is 8.08. The summed E-state index contributed by atoms with van der Waals surface area (Å²) >= 11 is 0. The van der Waals surface area contributed by atoms with E-state index in [1.807, 2.05) is 0 Å².